The maximum atomic E-state index is 11.0. The number of carbonyl (C=O) groups is 1. The number of hydrogen-bond acceptors (Lipinski definition) is 2. The second-order valence-electron chi connectivity index (χ2n) is 2.11. The monoisotopic (exact) mass is 142 g/mol. The molecular formula is C7H14N2O. The second-order valence-corrected chi connectivity index (χ2v) is 2.11. The molecule has 0 radical (unpaired) electrons. The molecule has 0 N–H and O–H groups in total. The standard InChI is InChI=1S/C7H14N2O/c1-5-7(10)9(6-2)8(3)4/h5H,1,6H2,2-4H3. The summed E-state index contributed by atoms with van der Waals surface area (Å²) in [4.78, 5) is 11.0. The van der Waals surface area contributed by atoms with Crippen LogP contribution in [0.5, 0.6) is 0 Å². The Bertz CT molecular complexity index is 132. The van der Waals surface area contributed by atoms with E-state index in [9.17, 15) is 4.79 Å². The van der Waals surface area contributed by atoms with Gasteiger partial charge in [0.25, 0.3) is 5.91 Å². The summed E-state index contributed by atoms with van der Waals surface area (Å²) in [6, 6.07) is 0. The third-order valence-electron chi connectivity index (χ3n) is 1.21. The van der Waals surface area contributed by atoms with E-state index < -0.39 is 0 Å². The van der Waals surface area contributed by atoms with Crippen molar-refractivity contribution >= 4 is 5.91 Å². The highest BCUT2D eigenvalue weighted by Gasteiger charge is 2.08. The lowest BCUT2D eigenvalue weighted by atomic mass is 10.5. The zero-order chi connectivity index (χ0) is 8.15. The van der Waals surface area contributed by atoms with Crippen LogP contribution >= 0.6 is 0 Å². The molecule has 58 valence electrons. The zero-order valence-electron chi connectivity index (χ0n) is 6.79. The largest absolute Gasteiger partial charge is 0.273 e. The molecule has 0 spiro atoms. The lowest BCUT2D eigenvalue weighted by Gasteiger charge is -2.25. The van der Waals surface area contributed by atoms with Crippen molar-refractivity contribution in [1.82, 2.24) is 10.0 Å². The van der Waals surface area contributed by atoms with Crippen molar-refractivity contribution in [3.8, 4) is 0 Å². The lowest BCUT2D eigenvalue weighted by Crippen LogP contribution is -2.40. The van der Waals surface area contributed by atoms with E-state index in [2.05, 4.69) is 6.58 Å². The summed E-state index contributed by atoms with van der Waals surface area (Å²) < 4.78 is 0. The van der Waals surface area contributed by atoms with Gasteiger partial charge in [0, 0.05) is 20.6 Å². The maximum Gasteiger partial charge on any atom is 0.260 e. The fourth-order valence-electron chi connectivity index (χ4n) is 0.741. The fourth-order valence-corrected chi connectivity index (χ4v) is 0.741. The fraction of sp³-hybridized carbons (Fsp3) is 0.571. The normalized spacial score (nSPS) is 9.60. The van der Waals surface area contributed by atoms with Crippen molar-refractivity contribution in [1.29, 1.82) is 0 Å². The highest BCUT2D eigenvalue weighted by Crippen LogP contribution is 1.91. The van der Waals surface area contributed by atoms with Gasteiger partial charge in [0.05, 0.1) is 0 Å². The van der Waals surface area contributed by atoms with Gasteiger partial charge in [0.1, 0.15) is 0 Å². The quantitative estimate of drug-likeness (QED) is 0.423. The molecule has 0 saturated carbocycles. The summed E-state index contributed by atoms with van der Waals surface area (Å²) in [6.07, 6.45) is 1.31. The summed E-state index contributed by atoms with van der Waals surface area (Å²) in [6.45, 7) is 5.99. The van der Waals surface area contributed by atoms with Crippen molar-refractivity contribution in [3.63, 3.8) is 0 Å². The maximum absolute atomic E-state index is 11.0. The Labute approximate surface area is 61.9 Å². The Balaban J connectivity index is 4.06. The summed E-state index contributed by atoms with van der Waals surface area (Å²) in [5, 5.41) is 3.33. The molecule has 3 nitrogen and oxygen atoms in total. The van der Waals surface area contributed by atoms with E-state index in [4.69, 9.17) is 0 Å². The van der Waals surface area contributed by atoms with E-state index >= 15 is 0 Å². The van der Waals surface area contributed by atoms with E-state index in [-0.39, 0.29) is 5.91 Å². The Hall–Kier alpha value is -0.830. The van der Waals surface area contributed by atoms with Gasteiger partial charge in [-0.25, -0.2) is 5.01 Å². The van der Waals surface area contributed by atoms with E-state index in [0.717, 1.165) is 0 Å². The van der Waals surface area contributed by atoms with Gasteiger partial charge < -0.3 is 0 Å². The predicted molar refractivity (Wildman–Crippen MR) is 41.3 cm³/mol. The number of carbonyl (C=O) groups excluding carboxylic acids is 1. The van der Waals surface area contributed by atoms with Crippen molar-refractivity contribution in [2.75, 3.05) is 20.6 Å². The Morgan fingerprint density at radius 3 is 2.20 bits per heavy atom. The number of nitrogens with zero attached hydrogens (tertiary/aromatic N) is 2. The minimum Gasteiger partial charge on any atom is -0.273 e. The van der Waals surface area contributed by atoms with Crippen LogP contribution < -0.4 is 0 Å². The van der Waals surface area contributed by atoms with Crippen molar-refractivity contribution in [2.24, 2.45) is 0 Å². The van der Waals surface area contributed by atoms with Gasteiger partial charge >= 0.3 is 0 Å². The average molecular weight is 142 g/mol. The van der Waals surface area contributed by atoms with Gasteiger partial charge in [-0.05, 0) is 13.0 Å². The van der Waals surface area contributed by atoms with Crippen LogP contribution in [-0.4, -0.2) is 36.6 Å². The van der Waals surface area contributed by atoms with Crippen LogP contribution in [0.25, 0.3) is 0 Å². The van der Waals surface area contributed by atoms with Crippen LogP contribution in [-0.2, 0) is 4.79 Å². The van der Waals surface area contributed by atoms with E-state index in [1.165, 1.54) is 6.08 Å². The first-order valence-corrected chi connectivity index (χ1v) is 3.24. The molecule has 3 heteroatoms. The van der Waals surface area contributed by atoms with Crippen LogP contribution in [0.3, 0.4) is 0 Å². The zero-order valence-corrected chi connectivity index (χ0v) is 6.79. The lowest BCUT2D eigenvalue weighted by molar-refractivity contribution is -0.138. The molecule has 0 bridgehead atoms. The molecule has 0 aromatic heterocycles. The molecule has 0 aromatic rings. The van der Waals surface area contributed by atoms with Gasteiger partial charge in [-0.15, -0.1) is 0 Å². The van der Waals surface area contributed by atoms with Crippen LogP contribution in [0.1, 0.15) is 6.92 Å². The van der Waals surface area contributed by atoms with Crippen molar-refractivity contribution in [3.05, 3.63) is 12.7 Å². The van der Waals surface area contributed by atoms with Crippen LogP contribution in [0.15, 0.2) is 12.7 Å². The molecule has 0 fully saturated rings. The molecule has 0 unspecified atom stereocenters. The number of amides is 1. The van der Waals surface area contributed by atoms with Crippen LogP contribution in [0.2, 0.25) is 0 Å². The van der Waals surface area contributed by atoms with Gasteiger partial charge in [-0.1, -0.05) is 6.58 Å². The average Bonchev–Trinajstić information content (AvgIpc) is 1.88. The SMILES string of the molecule is C=CC(=O)N(CC)N(C)C. The van der Waals surface area contributed by atoms with E-state index in [1.807, 2.05) is 21.0 Å². The number of hydrazine groups is 1. The first kappa shape index (κ1) is 9.17. The van der Waals surface area contributed by atoms with Crippen LogP contribution in [0, 0.1) is 0 Å². The number of likely N-dealkylation sites (N-methyl/N-ethyl adjacent to an activating group) is 1. The molecule has 0 aromatic carbocycles. The van der Waals surface area contributed by atoms with E-state index in [1.54, 1.807) is 10.0 Å². The summed E-state index contributed by atoms with van der Waals surface area (Å²) in [7, 11) is 3.65. The molecule has 0 aliphatic heterocycles. The summed E-state index contributed by atoms with van der Waals surface area (Å²) in [5.41, 5.74) is 0. The van der Waals surface area contributed by atoms with Gasteiger partial charge in [0.15, 0.2) is 0 Å². The molecular weight excluding hydrogens is 128 g/mol. The highest BCUT2D eigenvalue weighted by atomic mass is 16.2. The Morgan fingerprint density at radius 2 is 2.10 bits per heavy atom. The molecule has 0 aliphatic rings. The summed E-state index contributed by atoms with van der Waals surface area (Å²) in [5.74, 6) is -0.0625. The van der Waals surface area contributed by atoms with Crippen molar-refractivity contribution < 1.29 is 4.79 Å². The van der Waals surface area contributed by atoms with E-state index in [0.29, 0.717) is 6.54 Å². The molecule has 0 atom stereocenters. The molecule has 0 aliphatic carbocycles. The molecule has 10 heavy (non-hydrogen) atoms. The number of rotatable bonds is 3. The number of hydrogen-bond donors (Lipinski definition) is 0. The van der Waals surface area contributed by atoms with Crippen molar-refractivity contribution in [2.45, 2.75) is 6.92 Å². The minimum absolute atomic E-state index is 0.0625. The van der Waals surface area contributed by atoms with Gasteiger partial charge in [-0.3, -0.25) is 9.80 Å². The molecule has 0 saturated heterocycles. The molecule has 1 amide bonds. The smallest absolute Gasteiger partial charge is 0.260 e. The topological polar surface area (TPSA) is 23.6 Å². The first-order chi connectivity index (χ1) is 4.63. The third-order valence-corrected chi connectivity index (χ3v) is 1.21. The van der Waals surface area contributed by atoms with Crippen LogP contribution in [0.4, 0.5) is 0 Å². The Morgan fingerprint density at radius 1 is 1.60 bits per heavy atom. The second kappa shape index (κ2) is 4.06. The molecule has 0 rings (SSSR count). The predicted octanol–water partition coefficient (Wildman–Crippen LogP) is 0.498. The first-order valence-electron chi connectivity index (χ1n) is 3.24. The summed E-state index contributed by atoms with van der Waals surface area (Å²) >= 11 is 0. The minimum atomic E-state index is -0.0625. The highest BCUT2D eigenvalue weighted by molar-refractivity contribution is 5.86. The third kappa shape index (κ3) is 2.19. The Kier molecular flexibility index (Phi) is 3.72. The van der Waals surface area contributed by atoms with Gasteiger partial charge in [0.2, 0.25) is 0 Å². The van der Waals surface area contributed by atoms with Gasteiger partial charge in [-0.2, -0.15) is 0 Å². The molecule has 0 heterocycles.